The molecule has 0 spiro atoms. The summed E-state index contributed by atoms with van der Waals surface area (Å²) in [5, 5.41) is 3.38. The molecular weight excluding hydrogens is 544 g/mol. The van der Waals surface area contributed by atoms with Crippen LogP contribution in [-0.2, 0) is 4.79 Å². The number of ether oxygens (including phenoxy) is 1. The molecule has 0 aliphatic heterocycles. The maximum Gasteiger partial charge on any atom is 0.262 e. The van der Waals surface area contributed by atoms with Gasteiger partial charge < -0.3 is 10.1 Å². The van der Waals surface area contributed by atoms with Crippen molar-refractivity contribution in [3.63, 3.8) is 0 Å². The van der Waals surface area contributed by atoms with Gasteiger partial charge in [0.05, 0.1) is 14.6 Å². The van der Waals surface area contributed by atoms with E-state index >= 15 is 0 Å². The van der Waals surface area contributed by atoms with E-state index in [1.165, 1.54) is 0 Å². The third-order valence-corrected chi connectivity index (χ3v) is 6.13. The standard InChI is InChI=1S/C24H21Br2ClN2O2/c1-14-4-5-16(3)22(8-14)28-12-17-9-19(25)24(20(26)10-17)31-13-23(30)29-18-7-6-15(2)21(27)11-18/h4-12H,13H2,1-3H3,(H,29,30). The van der Waals surface area contributed by atoms with Crippen molar-refractivity contribution in [2.24, 2.45) is 4.99 Å². The molecule has 0 saturated carbocycles. The molecule has 3 aromatic carbocycles. The fourth-order valence-electron chi connectivity index (χ4n) is 2.80. The molecule has 3 aromatic rings. The first-order valence-electron chi connectivity index (χ1n) is 9.52. The van der Waals surface area contributed by atoms with Crippen molar-refractivity contribution >= 4 is 67.0 Å². The zero-order chi connectivity index (χ0) is 22.5. The number of carbonyl (C=O) groups is 1. The van der Waals surface area contributed by atoms with Crippen LogP contribution in [0.5, 0.6) is 5.75 Å². The molecule has 3 rings (SSSR count). The molecule has 0 bridgehead atoms. The molecule has 0 aromatic heterocycles. The second kappa shape index (κ2) is 10.4. The maximum atomic E-state index is 12.3. The van der Waals surface area contributed by atoms with E-state index in [9.17, 15) is 4.79 Å². The van der Waals surface area contributed by atoms with E-state index in [1.807, 2.05) is 45.0 Å². The molecule has 7 heteroatoms. The summed E-state index contributed by atoms with van der Waals surface area (Å²) in [5.74, 6) is 0.264. The minimum absolute atomic E-state index is 0.140. The minimum Gasteiger partial charge on any atom is -0.481 e. The van der Waals surface area contributed by atoms with E-state index in [2.05, 4.69) is 54.3 Å². The molecule has 0 heterocycles. The van der Waals surface area contributed by atoms with Crippen LogP contribution in [0.3, 0.4) is 0 Å². The molecule has 0 saturated heterocycles. The zero-order valence-electron chi connectivity index (χ0n) is 17.3. The van der Waals surface area contributed by atoms with Gasteiger partial charge in [0.1, 0.15) is 5.75 Å². The minimum atomic E-state index is -0.278. The molecule has 0 aliphatic carbocycles. The first-order chi connectivity index (χ1) is 14.7. The third kappa shape index (κ3) is 6.42. The Morgan fingerprint density at radius 3 is 2.39 bits per heavy atom. The van der Waals surface area contributed by atoms with Crippen LogP contribution < -0.4 is 10.1 Å². The number of halogens is 3. The number of hydrogen-bond donors (Lipinski definition) is 1. The highest BCUT2D eigenvalue weighted by molar-refractivity contribution is 9.11. The largest absolute Gasteiger partial charge is 0.481 e. The first-order valence-corrected chi connectivity index (χ1v) is 11.5. The number of aliphatic imine (C=N–C) groups is 1. The molecule has 0 aliphatic rings. The van der Waals surface area contributed by atoms with Gasteiger partial charge in [0.25, 0.3) is 5.91 Å². The molecule has 1 N–H and O–H groups in total. The number of aryl methyl sites for hydroxylation is 3. The summed E-state index contributed by atoms with van der Waals surface area (Å²) in [6.07, 6.45) is 1.80. The van der Waals surface area contributed by atoms with Crippen LogP contribution in [0, 0.1) is 20.8 Å². The van der Waals surface area contributed by atoms with Gasteiger partial charge in [0, 0.05) is 16.9 Å². The molecule has 0 atom stereocenters. The van der Waals surface area contributed by atoms with Gasteiger partial charge in [-0.1, -0.05) is 29.8 Å². The summed E-state index contributed by atoms with van der Waals surface area (Å²) < 4.78 is 7.16. The van der Waals surface area contributed by atoms with Crippen LogP contribution in [0.2, 0.25) is 5.02 Å². The summed E-state index contributed by atoms with van der Waals surface area (Å²) in [6, 6.07) is 15.3. The topological polar surface area (TPSA) is 50.7 Å². The number of nitrogens with one attached hydrogen (secondary N) is 1. The molecule has 0 fully saturated rings. The lowest BCUT2D eigenvalue weighted by Gasteiger charge is -2.12. The highest BCUT2D eigenvalue weighted by atomic mass is 79.9. The third-order valence-electron chi connectivity index (χ3n) is 4.54. The highest BCUT2D eigenvalue weighted by Crippen LogP contribution is 2.34. The van der Waals surface area contributed by atoms with Gasteiger partial charge in [-0.05, 0) is 105 Å². The summed E-state index contributed by atoms with van der Waals surface area (Å²) in [6.45, 7) is 5.84. The number of rotatable bonds is 6. The van der Waals surface area contributed by atoms with Crippen molar-refractivity contribution < 1.29 is 9.53 Å². The SMILES string of the molecule is Cc1ccc(C)c(N=Cc2cc(Br)c(OCC(=O)Nc3ccc(C)c(Cl)c3)c(Br)c2)c1. The zero-order valence-corrected chi connectivity index (χ0v) is 21.2. The van der Waals surface area contributed by atoms with Crippen molar-refractivity contribution in [1.82, 2.24) is 0 Å². The molecule has 160 valence electrons. The first kappa shape index (κ1) is 23.5. The lowest BCUT2D eigenvalue weighted by atomic mass is 10.1. The van der Waals surface area contributed by atoms with Crippen molar-refractivity contribution in [3.05, 3.63) is 84.8 Å². The van der Waals surface area contributed by atoms with Crippen LogP contribution in [0.15, 0.2) is 62.5 Å². The summed E-state index contributed by atoms with van der Waals surface area (Å²) in [5.41, 5.74) is 5.67. The van der Waals surface area contributed by atoms with Gasteiger partial charge in [-0.25, -0.2) is 0 Å². The molecule has 4 nitrogen and oxygen atoms in total. The van der Waals surface area contributed by atoms with Gasteiger partial charge in [0.2, 0.25) is 0 Å². The van der Waals surface area contributed by atoms with Gasteiger partial charge in [-0.2, -0.15) is 0 Å². The Balaban J connectivity index is 1.67. The molecule has 0 radical (unpaired) electrons. The second-order valence-corrected chi connectivity index (χ2v) is 9.28. The van der Waals surface area contributed by atoms with Gasteiger partial charge in [0.15, 0.2) is 6.61 Å². The number of amides is 1. The monoisotopic (exact) mass is 562 g/mol. The van der Waals surface area contributed by atoms with E-state index in [-0.39, 0.29) is 12.5 Å². The number of hydrogen-bond acceptors (Lipinski definition) is 3. The Bertz CT molecular complexity index is 1140. The Hall–Kier alpha value is -2.15. The Kier molecular flexibility index (Phi) is 7.92. The lowest BCUT2D eigenvalue weighted by Crippen LogP contribution is -2.20. The lowest BCUT2D eigenvalue weighted by molar-refractivity contribution is -0.118. The van der Waals surface area contributed by atoms with Crippen LogP contribution in [-0.4, -0.2) is 18.7 Å². The van der Waals surface area contributed by atoms with E-state index in [0.717, 1.165) is 36.9 Å². The van der Waals surface area contributed by atoms with Gasteiger partial charge >= 0.3 is 0 Å². The van der Waals surface area contributed by atoms with Gasteiger partial charge in [-0.15, -0.1) is 0 Å². The molecule has 31 heavy (non-hydrogen) atoms. The average Bonchev–Trinajstić information content (AvgIpc) is 2.71. The van der Waals surface area contributed by atoms with Crippen LogP contribution in [0.1, 0.15) is 22.3 Å². The smallest absolute Gasteiger partial charge is 0.262 e. The normalized spacial score (nSPS) is 11.0. The molecule has 1 amide bonds. The van der Waals surface area contributed by atoms with E-state index in [0.29, 0.717) is 16.5 Å². The number of nitrogens with zero attached hydrogens (tertiary/aromatic N) is 1. The quantitative estimate of drug-likeness (QED) is 0.314. The van der Waals surface area contributed by atoms with Crippen LogP contribution >= 0.6 is 43.5 Å². The maximum absolute atomic E-state index is 12.3. The number of anilines is 1. The van der Waals surface area contributed by atoms with Crippen molar-refractivity contribution in [1.29, 1.82) is 0 Å². The van der Waals surface area contributed by atoms with E-state index in [4.69, 9.17) is 16.3 Å². The Morgan fingerprint density at radius 1 is 1.03 bits per heavy atom. The molecular formula is C24H21Br2ClN2O2. The summed E-state index contributed by atoms with van der Waals surface area (Å²) in [4.78, 5) is 16.9. The van der Waals surface area contributed by atoms with E-state index in [1.54, 1.807) is 18.3 Å². The fourth-order valence-corrected chi connectivity index (χ4v) is 4.43. The fraction of sp³-hybridized carbons (Fsp3) is 0.167. The summed E-state index contributed by atoms with van der Waals surface area (Å²) >= 11 is 13.1. The van der Waals surface area contributed by atoms with Gasteiger partial charge in [-0.3, -0.25) is 9.79 Å². The van der Waals surface area contributed by atoms with Crippen LogP contribution in [0.4, 0.5) is 11.4 Å². The highest BCUT2D eigenvalue weighted by Gasteiger charge is 2.12. The van der Waals surface area contributed by atoms with Crippen molar-refractivity contribution in [3.8, 4) is 5.75 Å². The predicted molar refractivity (Wildman–Crippen MR) is 135 cm³/mol. The average molecular weight is 565 g/mol. The van der Waals surface area contributed by atoms with Crippen molar-refractivity contribution in [2.45, 2.75) is 20.8 Å². The molecule has 0 unspecified atom stereocenters. The second-order valence-electron chi connectivity index (χ2n) is 7.16. The predicted octanol–water partition coefficient (Wildman–Crippen LogP) is 7.56. The van der Waals surface area contributed by atoms with Crippen molar-refractivity contribution in [2.75, 3.05) is 11.9 Å². The Labute approximate surface area is 203 Å². The summed E-state index contributed by atoms with van der Waals surface area (Å²) in [7, 11) is 0. The van der Waals surface area contributed by atoms with E-state index < -0.39 is 0 Å². The number of carbonyl (C=O) groups excluding carboxylic acids is 1. The Morgan fingerprint density at radius 2 is 1.71 bits per heavy atom. The number of benzene rings is 3. The van der Waals surface area contributed by atoms with Crippen LogP contribution in [0.25, 0.3) is 0 Å².